The smallest absolute Gasteiger partial charge is 0.247 e. The first-order valence-electron chi connectivity index (χ1n) is 11.7. The molecule has 3 heterocycles. The Bertz CT molecular complexity index is 1070. The molecule has 0 radical (unpaired) electrons. The van der Waals surface area contributed by atoms with Crippen molar-refractivity contribution >= 4 is 46.3 Å². The van der Waals surface area contributed by atoms with Crippen molar-refractivity contribution in [2.45, 2.75) is 24.9 Å². The number of hydrogen-bond donors (Lipinski definition) is 4. The van der Waals surface area contributed by atoms with E-state index < -0.39 is 0 Å². The van der Waals surface area contributed by atoms with E-state index in [1.807, 2.05) is 12.1 Å². The molecule has 4 N–H and O–H groups in total. The number of ether oxygens (including phenoxy) is 1. The van der Waals surface area contributed by atoms with E-state index in [9.17, 15) is 4.79 Å². The van der Waals surface area contributed by atoms with Crippen LogP contribution >= 0.6 is 11.6 Å². The van der Waals surface area contributed by atoms with Gasteiger partial charge in [-0.2, -0.15) is 4.98 Å². The number of amides is 1. The van der Waals surface area contributed by atoms with E-state index in [-0.39, 0.29) is 11.9 Å². The van der Waals surface area contributed by atoms with Gasteiger partial charge in [0.25, 0.3) is 0 Å². The van der Waals surface area contributed by atoms with Gasteiger partial charge in [0.05, 0.1) is 36.4 Å². The molecule has 2 saturated heterocycles. The Balaban J connectivity index is 1.62. The second-order valence-electron chi connectivity index (χ2n) is 8.96. The van der Waals surface area contributed by atoms with Crippen LogP contribution in [0.3, 0.4) is 0 Å². The fraction of sp³-hybridized carbons (Fsp3) is 0.458. The number of hydrogen-bond acceptors (Lipinski definition) is 9. The summed E-state index contributed by atoms with van der Waals surface area (Å²) in [6.45, 7) is 7.06. The fourth-order valence-corrected chi connectivity index (χ4v) is 4.38. The van der Waals surface area contributed by atoms with E-state index >= 15 is 0 Å². The summed E-state index contributed by atoms with van der Waals surface area (Å²) in [6.07, 6.45) is 4.89. The fourth-order valence-electron chi connectivity index (χ4n) is 4.24. The van der Waals surface area contributed by atoms with Crippen molar-refractivity contribution in [2.24, 2.45) is 0 Å². The van der Waals surface area contributed by atoms with Gasteiger partial charge in [0, 0.05) is 38.3 Å². The van der Waals surface area contributed by atoms with Crippen molar-refractivity contribution in [3.63, 3.8) is 0 Å². The van der Waals surface area contributed by atoms with Crippen molar-refractivity contribution in [1.82, 2.24) is 20.2 Å². The van der Waals surface area contributed by atoms with Crippen LogP contribution < -0.4 is 30.9 Å². The summed E-state index contributed by atoms with van der Waals surface area (Å²) >= 11 is 6.29. The average molecular weight is 501 g/mol. The van der Waals surface area contributed by atoms with Crippen molar-refractivity contribution in [3.8, 4) is 5.75 Å². The van der Waals surface area contributed by atoms with Gasteiger partial charge in [0.1, 0.15) is 10.8 Å². The number of methoxy groups -OCH3 is 1. The third-order valence-corrected chi connectivity index (χ3v) is 6.69. The monoisotopic (exact) mass is 500 g/mol. The molecule has 35 heavy (non-hydrogen) atoms. The highest BCUT2D eigenvalue weighted by Crippen LogP contribution is 2.39. The van der Waals surface area contributed by atoms with E-state index in [1.165, 1.54) is 6.08 Å². The van der Waals surface area contributed by atoms with Crippen molar-refractivity contribution in [3.05, 3.63) is 36.0 Å². The summed E-state index contributed by atoms with van der Waals surface area (Å²) < 4.78 is 5.70. The zero-order valence-corrected chi connectivity index (χ0v) is 21.2. The number of aromatic nitrogens is 2. The van der Waals surface area contributed by atoms with E-state index in [0.29, 0.717) is 40.0 Å². The highest BCUT2D eigenvalue weighted by atomic mass is 35.5. The Morgan fingerprint density at radius 2 is 2.03 bits per heavy atom. The topological polar surface area (TPSA) is 107 Å². The minimum Gasteiger partial charge on any atom is -0.494 e. The average Bonchev–Trinajstić information content (AvgIpc) is 2.83. The molecule has 0 bridgehead atoms. The molecule has 0 aliphatic carbocycles. The molecular formula is C24H33ClN8O2. The second kappa shape index (κ2) is 11.1. The lowest BCUT2D eigenvalue weighted by Crippen LogP contribution is -2.51. The van der Waals surface area contributed by atoms with Gasteiger partial charge in [-0.15, -0.1) is 0 Å². The van der Waals surface area contributed by atoms with Crippen molar-refractivity contribution < 1.29 is 9.53 Å². The maximum atomic E-state index is 12.2. The lowest BCUT2D eigenvalue weighted by molar-refractivity contribution is -0.111. The predicted molar refractivity (Wildman–Crippen MR) is 141 cm³/mol. The first-order valence-corrected chi connectivity index (χ1v) is 12.1. The summed E-state index contributed by atoms with van der Waals surface area (Å²) in [4.78, 5) is 25.6. The Morgan fingerprint density at radius 3 is 2.63 bits per heavy atom. The highest BCUT2D eigenvalue weighted by molar-refractivity contribution is 6.32. The van der Waals surface area contributed by atoms with Gasteiger partial charge in [-0.1, -0.05) is 18.2 Å². The molecule has 2 aliphatic rings. The van der Waals surface area contributed by atoms with Gasteiger partial charge in [-0.25, -0.2) is 4.98 Å². The number of halogens is 1. The Morgan fingerprint density at radius 1 is 1.29 bits per heavy atom. The second-order valence-corrected chi connectivity index (χ2v) is 9.37. The number of nitrogens with one attached hydrogen (secondary N) is 4. The molecule has 4 rings (SSSR count). The van der Waals surface area contributed by atoms with E-state index in [4.69, 9.17) is 16.3 Å². The van der Waals surface area contributed by atoms with Crippen LogP contribution in [0.1, 0.15) is 12.8 Å². The number of carbonyl (C=O) groups is 1. The summed E-state index contributed by atoms with van der Waals surface area (Å²) in [5.41, 5.74) is 2.18. The summed E-state index contributed by atoms with van der Waals surface area (Å²) in [7, 11) is 5.84. The SMILES string of the molecule is C=CC(=O)Nc1cc(Nc2ncc(Cl)c(NC3CNC3)n2)c(OC)cc1N1CCC(N(C)C)CC1. The molecule has 188 valence electrons. The van der Waals surface area contributed by atoms with Crippen LogP contribution in [-0.4, -0.2) is 80.2 Å². The molecule has 1 aromatic heterocycles. The van der Waals surface area contributed by atoms with Gasteiger partial charge in [0.15, 0.2) is 5.82 Å². The normalized spacial score (nSPS) is 16.5. The zero-order valence-electron chi connectivity index (χ0n) is 20.4. The Hall–Kier alpha value is -3.08. The largest absolute Gasteiger partial charge is 0.494 e. The van der Waals surface area contributed by atoms with Gasteiger partial charge in [-0.3, -0.25) is 4.79 Å². The van der Waals surface area contributed by atoms with Crippen molar-refractivity contribution in [2.75, 3.05) is 68.2 Å². The van der Waals surface area contributed by atoms with E-state index in [0.717, 1.165) is 44.7 Å². The number of benzene rings is 1. The van der Waals surface area contributed by atoms with Crippen LogP contribution in [0, 0.1) is 0 Å². The Labute approximate surface area is 211 Å². The standard InChI is InChI=1S/C24H33ClN8O2/c1-5-22(34)29-18-10-19(30-24-27-14-17(25)23(31-24)28-15-12-26-13-15)21(35-4)11-20(18)33-8-6-16(7-9-33)32(2)3/h5,10-11,14-16,26H,1,6-9,12-13H2,2-4H3,(H,29,34)(H2,27,28,30,31). The molecule has 1 amide bonds. The molecule has 0 saturated carbocycles. The quantitative estimate of drug-likeness (QED) is 0.386. The third kappa shape index (κ3) is 5.95. The van der Waals surface area contributed by atoms with Crippen LogP contribution in [0.15, 0.2) is 31.0 Å². The van der Waals surface area contributed by atoms with E-state index in [2.05, 4.69) is 61.7 Å². The first-order chi connectivity index (χ1) is 16.9. The molecule has 1 aromatic carbocycles. The minimum atomic E-state index is -0.283. The molecule has 2 aromatic rings. The molecule has 0 unspecified atom stereocenters. The van der Waals surface area contributed by atoms with Gasteiger partial charge < -0.3 is 35.8 Å². The summed E-state index contributed by atoms with van der Waals surface area (Å²) in [5, 5.41) is 13.1. The van der Waals surface area contributed by atoms with Crippen LogP contribution in [0.2, 0.25) is 5.02 Å². The van der Waals surface area contributed by atoms with Crippen LogP contribution in [-0.2, 0) is 4.79 Å². The number of nitrogens with zero attached hydrogens (tertiary/aromatic N) is 4. The molecule has 0 atom stereocenters. The number of rotatable bonds is 9. The predicted octanol–water partition coefficient (Wildman–Crippen LogP) is 2.92. The van der Waals surface area contributed by atoms with Gasteiger partial charge >= 0.3 is 0 Å². The number of carbonyl (C=O) groups excluding carboxylic acids is 1. The Kier molecular flexibility index (Phi) is 7.94. The summed E-state index contributed by atoms with van der Waals surface area (Å²) in [5.74, 6) is 1.26. The maximum absolute atomic E-state index is 12.2. The van der Waals surface area contributed by atoms with Gasteiger partial charge in [-0.05, 0) is 39.1 Å². The molecule has 0 spiro atoms. The zero-order chi connectivity index (χ0) is 24.9. The lowest BCUT2D eigenvalue weighted by Gasteiger charge is -2.37. The van der Waals surface area contributed by atoms with Crippen molar-refractivity contribution in [1.29, 1.82) is 0 Å². The summed E-state index contributed by atoms with van der Waals surface area (Å²) in [6, 6.07) is 4.60. The molecule has 2 aliphatic heterocycles. The maximum Gasteiger partial charge on any atom is 0.247 e. The van der Waals surface area contributed by atoms with Crippen LogP contribution in [0.25, 0.3) is 0 Å². The minimum absolute atomic E-state index is 0.279. The lowest BCUT2D eigenvalue weighted by atomic mass is 10.0. The number of piperidine rings is 1. The van der Waals surface area contributed by atoms with Crippen LogP contribution in [0.4, 0.5) is 28.8 Å². The number of anilines is 5. The molecular weight excluding hydrogens is 468 g/mol. The first kappa shape index (κ1) is 25.0. The third-order valence-electron chi connectivity index (χ3n) is 6.41. The van der Waals surface area contributed by atoms with Gasteiger partial charge in [0.2, 0.25) is 11.9 Å². The molecule has 2 fully saturated rings. The van der Waals surface area contributed by atoms with Crippen LogP contribution in [0.5, 0.6) is 5.75 Å². The van der Waals surface area contributed by atoms with E-state index in [1.54, 1.807) is 13.3 Å². The highest BCUT2D eigenvalue weighted by Gasteiger charge is 2.25. The molecule has 10 nitrogen and oxygen atoms in total. The molecule has 11 heteroatoms.